The smallest absolute Gasteiger partial charge is 0.337 e. The van der Waals surface area contributed by atoms with E-state index in [2.05, 4.69) is 5.32 Å². The second-order valence-electron chi connectivity index (χ2n) is 9.28. The molecule has 1 aliphatic carbocycles. The molecule has 0 spiro atoms. The Hall–Kier alpha value is -3.25. The third-order valence-electron chi connectivity index (χ3n) is 7.02. The third-order valence-corrected chi connectivity index (χ3v) is 7.27. The molecule has 1 heterocycles. The lowest BCUT2D eigenvalue weighted by atomic mass is 9.71. The van der Waals surface area contributed by atoms with Crippen LogP contribution in [0.15, 0.2) is 65.0 Å². The maximum atomic E-state index is 13.8. The zero-order valence-electron chi connectivity index (χ0n) is 21.3. The van der Waals surface area contributed by atoms with Crippen LogP contribution in [-0.4, -0.2) is 32.1 Å². The second-order valence-corrected chi connectivity index (χ2v) is 9.71. The summed E-state index contributed by atoms with van der Waals surface area (Å²) in [4.78, 5) is 27.3. The van der Waals surface area contributed by atoms with Gasteiger partial charge in [-0.1, -0.05) is 42.8 Å². The van der Waals surface area contributed by atoms with Gasteiger partial charge in [-0.3, -0.25) is 4.79 Å². The Morgan fingerprint density at radius 3 is 2.47 bits per heavy atom. The van der Waals surface area contributed by atoms with Gasteiger partial charge in [0.25, 0.3) is 0 Å². The summed E-state index contributed by atoms with van der Waals surface area (Å²) in [5, 5.41) is 4.04. The van der Waals surface area contributed by atoms with E-state index in [-0.39, 0.29) is 17.8 Å². The molecule has 2 aromatic rings. The fourth-order valence-corrected chi connectivity index (χ4v) is 5.19. The predicted molar refractivity (Wildman–Crippen MR) is 139 cm³/mol. The highest BCUT2D eigenvalue weighted by molar-refractivity contribution is 6.30. The summed E-state index contributed by atoms with van der Waals surface area (Å²) in [5.74, 6) is -0.0570. The van der Waals surface area contributed by atoms with Crippen molar-refractivity contribution in [1.82, 2.24) is 5.32 Å². The maximum absolute atomic E-state index is 13.8. The van der Waals surface area contributed by atoms with E-state index in [9.17, 15) is 9.59 Å². The molecule has 0 saturated heterocycles. The molecule has 0 fully saturated rings. The van der Waals surface area contributed by atoms with Gasteiger partial charge in [0, 0.05) is 34.0 Å². The third kappa shape index (κ3) is 4.87. The molecule has 0 saturated carbocycles. The Morgan fingerprint density at radius 1 is 1.11 bits per heavy atom. The zero-order valence-corrected chi connectivity index (χ0v) is 22.1. The van der Waals surface area contributed by atoms with E-state index in [4.69, 9.17) is 25.8 Å². The number of Topliss-reactive ketones (excluding diaryl/α,β-unsaturated/α-hetero) is 1. The van der Waals surface area contributed by atoms with Crippen molar-refractivity contribution in [3.8, 4) is 11.5 Å². The van der Waals surface area contributed by atoms with E-state index in [1.807, 2.05) is 57.2 Å². The Kier molecular flexibility index (Phi) is 7.74. The number of carbonyl (C=O) groups is 2. The summed E-state index contributed by atoms with van der Waals surface area (Å²) in [6, 6.07) is 13.1. The molecule has 36 heavy (non-hydrogen) atoms. The van der Waals surface area contributed by atoms with Crippen molar-refractivity contribution in [2.75, 3.05) is 14.2 Å². The molecule has 0 aromatic heterocycles. The molecule has 2 aliphatic rings. The molecular weight excluding hydrogens is 478 g/mol. The number of nitrogens with one attached hydrogen (secondary N) is 1. The van der Waals surface area contributed by atoms with Crippen LogP contribution < -0.4 is 14.8 Å². The van der Waals surface area contributed by atoms with Crippen molar-refractivity contribution in [1.29, 1.82) is 0 Å². The van der Waals surface area contributed by atoms with E-state index in [0.717, 1.165) is 11.3 Å². The number of hydrogen-bond acceptors (Lipinski definition) is 6. The van der Waals surface area contributed by atoms with Gasteiger partial charge in [-0.25, -0.2) is 4.79 Å². The fourth-order valence-electron chi connectivity index (χ4n) is 5.06. The minimum absolute atomic E-state index is 0.00952. The highest BCUT2D eigenvalue weighted by atomic mass is 35.5. The van der Waals surface area contributed by atoms with Gasteiger partial charge in [0.1, 0.15) is 0 Å². The van der Waals surface area contributed by atoms with Crippen molar-refractivity contribution >= 4 is 23.4 Å². The molecule has 0 bridgehead atoms. The van der Waals surface area contributed by atoms with Gasteiger partial charge in [0.05, 0.1) is 31.8 Å². The Balaban J connectivity index is 1.85. The molecule has 2 aromatic carbocycles. The topological polar surface area (TPSA) is 73.9 Å². The molecule has 190 valence electrons. The van der Waals surface area contributed by atoms with Crippen LogP contribution in [0, 0.1) is 0 Å². The van der Waals surface area contributed by atoms with Crippen LogP contribution in [0.3, 0.4) is 0 Å². The zero-order chi connectivity index (χ0) is 26.0. The fraction of sp³-hybridized carbons (Fsp3) is 0.379. The summed E-state index contributed by atoms with van der Waals surface area (Å²) >= 11 is 6.08. The number of hydrogen-bond donors (Lipinski definition) is 1. The second kappa shape index (κ2) is 10.8. The molecule has 3 atom stereocenters. The van der Waals surface area contributed by atoms with E-state index in [1.165, 1.54) is 0 Å². The lowest BCUT2D eigenvalue weighted by Gasteiger charge is -2.37. The molecule has 4 rings (SSSR count). The van der Waals surface area contributed by atoms with Crippen LogP contribution in [0.1, 0.15) is 63.0 Å². The van der Waals surface area contributed by atoms with Crippen LogP contribution in [-0.2, 0) is 14.3 Å². The van der Waals surface area contributed by atoms with Crippen LogP contribution in [0.25, 0.3) is 0 Å². The number of halogens is 1. The SMILES string of the molecule is CC[C@H](C)OC(=O)C1=C(C)NC2=C(C(=O)C[C@@H](c3ccc(Cl)cc3)C2)[C@@H]1c1cccc(OC)c1OC. The van der Waals surface area contributed by atoms with Crippen LogP contribution in [0.5, 0.6) is 11.5 Å². The number of ketones is 1. The normalized spacial score (nSPS) is 20.4. The van der Waals surface area contributed by atoms with Crippen molar-refractivity contribution < 1.29 is 23.8 Å². The van der Waals surface area contributed by atoms with Crippen LogP contribution >= 0.6 is 11.6 Å². The average molecular weight is 510 g/mol. The van der Waals surface area contributed by atoms with E-state index >= 15 is 0 Å². The van der Waals surface area contributed by atoms with Gasteiger partial charge in [0.2, 0.25) is 0 Å². The van der Waals surface area contributed by atoms with Gasteiger partial charge >= 0.3 is 5.97 Å². The highest BCUT2D eigenvalue weighted by Gasteiger charge is 2.43. The summed E-state index contributed by atoms with van der Waals surface area (Å²) in [6.45, 7) is 5.68. The standard InChI is InChI=1S/C29H32ClNO5/c1-6-16(2)36-29(33)25-17(3)31-22-14-19(18-10-12-20(30)13-11-18)15-23(32)27(22)26(25)21-8-7-9-24(34-4)28(21)35-5/h7-13,16,19,26,31H,6,14-15H2,1-5H3/t16-,19-,26+/m0/s1. The Morgan fingerprint density at radius 2 is 1.83 bits per heavy atom. The largest absolute Gasteiger partial charge is 0.493 e. The summed E-state index contributed by atoms with van der Waals surface area (Å²) in [6.07, 6.45) is 1.40. The lowest BCUT2D eigenvalue weighted by Crippen LogP contribution is -2.36. The number of rotatable bonds is 7. The first-order valence-corrected chi connectivity index (χ1v) is 12.6. The first-order chi connectivity index (χ1) is 17.3. The van der Waals surface area contributed by atoms with Crippen molar-refractivity contribution in [3.05, 3.63) is 81.2 Å². The first kappa shape index (κ1) is 25.8. The Bertz CT molecular complexity index is 1230. The number of esters is 1. The summed E-state index contributed by atoms with van der Waals surface area (Å²) in [7, 11) is 3.13. The Labute approximate surface area is 217 Å². The first-order valence-electron chi connectivity index (χ1n) is 12.2. The minimum atomic E-state index is -0.637. The van der Waals surface area contributed by atoms with Crippen molar-refractivity contribution in [2.45, 2.75) is 58.0 Å². The maximum Gasteiger partial charge on any atom is 0.337 e. The molecular formula is C29H32ClNO5. The lowest BCUT2D eigenvalue weighted by molar-refractivity contribution is -0.144. The van der Waals surface area contributed by atoms with E-state index in [1.54, 1.807) is 20.3 Å². The monoisotopic (exact) mass is 509 g/mol. The molecule has 0 amide bonds. The van der Waals surface area contributed by atoms with Gasteiger partial charge in [-0.15, -0.1) is 0 Å². The van der Waals surface area contributed by atoms with E-state index < -0.39 is 11.9 Å². The number of benzene rings is 2. The van der Waals surface area contributed by atoms with Crippen LogP contribution in [0.2, 0.25) is 5.02 Å². The quantitative estimate of drug-likeness (QED) is 0.457. The van der Waals surface area contributed by atoms with E-state index in [0.29, 0.717) is 58.2 Å². The number of methoxy groups -OCH3 is 2. The molecule has 0 radical (unpaired) electrons. The number of ether oxygens (including phenoxy) is 3. The molecule has 6 nitrogen and oxygen atoms in total. The van der Waals surface area contributed by atoms with Gasteiger partial charge in [-0.05, 0) is 56.4 Å². The minimum Gasteiger partial charge on any atom is -0.493 e. The molecule has 7 heteroatoms. The van der Waals surface area contributed by atoms with Gasteiger partial charge in [0.15, 0.2) is 17.3 Å². The molecule has 1 aliphatic heterocycles. The van der Waals surface area contributed by atoms with Crippen molar-refractivity contribution in [3.63, 3.8) is 0 Å². The molecule has 1 N–H and O–H groups in total. The van der Waals surface area contributed by atoms with Crippen LogP contribution in [0.4, 0.5) is 0 Å². The number of carbonyl (C=O) groups excluding carboxylic acids is 2. The highest BCUT2D eigenvalue weighted by Crippen LogP contribution is 2.49. The summed E-state index contributed by atoms with van der Waals surface area (Å²) in [5.41, 5.74) is 4.23. The predicted octanol–water partition coefficient (Wildman–Crippen LogP) is 6.06. The number of allylic oxidation sites excluding steroid dienone is 3. The van der Waals surface area contributed by atoms with Gasteiger partial charge in [-0.2, -0.15) is 0 Å². The number of para-hydroxylation sites is 1. The van der Waals surface area contributed by atoms with Gasteiger partial charge < -0.3 is 19.5 Å². The van der Waals surface area contributed by atoms with Crippen molar-refractivity contribution in [2.24, 2.45) is 0 Å². The average Bonchev–Trinajstić information content (AvgIpc) is 2.87. The number of dihydropyridines is 1. The molecule has 0 unspecified atom stereocenters. The summed E-state index contributed by atoms with van der Waals surface area (Å²) < 4.78 is 17.0.